The largest absolute Gasteiger partial charge is 0.478 e. The zero-order valence-corrected chi connectivity index (χ0v) is 12.9. The first-order valence-electron chi connectivity index (χ1n) is 6.83. The van der Waals surface area contributed by atoms with E-state index in [1.807, 2.05) is 6.92 Å². The molecule has 0 bridgehead atoms. The quantitative estimate of drug-likeness (QED) is 0.907. The van der Waals surface area contributed by atoms with Crippen LogP contribution in [0.5, 0.6) is 0 Å². The SMILES string of the molecule is CCc1ccc(C(=O)O)cc1S(=O)(=O)N1CCOC[C@H]1C. The third-order valence-corrected chi connectivity index (χ3v) is 5.68. The van der Waals surface area contributed by atoms with E-state index in [4.69, 9.17) is 9.84 Å². The number of hydrogen-bond acceptors (Lipinski definition) is 4. The summed E-state index contributed by atoms with van der Waals surface area (Å²) in [7, 11) is -3.72. The molecule has 116 valence electrons. The molecule has 1 saturated heterocycles. The van der Waals surface area contributed by atoms with Gasteiger partial charge < -0.3 is 9.84 Å². The van der Waals surface area contributed by atoms with Gasteiger partial charge in [0.1, 0.15) is 0 Å². The van der Waals surface area contributed by atoms with Crippen LogP contribution in [-0.2, 0) is 21.2 Å². The molecule has 0 saturated carbocycles. The van der Waals surface area contributed by atoms with Crippen molar-refractivity contribution in [3.63, 3.8) is 0 Å². The highest BCUT2D eigenvalue weighted by Crippen LogP contribution is 2.25. The summed E-state index contributed by atoms with van der Waals surface area (Å²) in [6.07, 6.45) is 0.521. The first kappa shape index (κ1) is 15.9. The summed E-state index contributed by atoms with van der Waals surface area (Å²) in [4.78, 5) is 11.2. The van der Waals surface area contributed by atoms with Crippen molar-refractivity contribution >= 4 is 16.0 Å². The average molecular weight is 313 g/mol. The van der Waals surface area contributed by atoms with Gasteiger partial charge in [-0.15, -0.1) is 0 Å². The number of carbonyl (C=O) groups is 1. The van der Waals surface area contributed by atoms with E-state index in [2.05, 4.69) is 0 Å². The second-order valence-corrected chi connectivity index (χ2v) is 6.88. The minimum absolute atomic E-state index is 0.0216. The molecule has 1 fully saturated rings. The molecule has 21 heavy (non-hydrogen) atoms. The lowest BCUT2D eigenvalue weighted by Gasteiger charge is -2.32. The van der Waals surface area contributed by atoms with Crippen molar-refractivity contribution < 1.29 is 23.1 Å². The van der Waals surface area contributed by atoms with Crippen LogP contribution in [0.4, 0.5) is 0 Å². The molecule has 0 aliphatic carbocycles. The fraction of sp³-hybridized carbons (Fsp3) is 0.500. The Hall–Kier alpha value is -1.44. The molecule has 0 spiro atoms. The molecule has 0 radical (unpaired) electrons. The Morgan fingerprint density at radius 1 is 1.48 bits per heavy atom. The third-order valence-electron chi connectivity index (χ3n) is 3.59. The van der Waals surface area contributed by atoms with E-state index in [0.717, 1.165) is 0 Å². The molecular weight excluding hydrogens is 294 g/mol. The van der Waals surface area contributed by atoms with Gasteiger partial charge in [0.15, 0.2) is 0 Å². The number of aryl methyl sites for hydroxylation is 1. The molecule has 2 rings (SSSR count). The van der Waals surface area contributed by atoms with Crippen molar-refractivity contribution in [3.8, 4) is 0 Å². The predicted octanol–water partition coefficient (Wildman–Crippen LogP) is 1.36. The molecule has 1 heterocycles. The number of aromatic carboxylic acids is 1. The van der Waals surface area contributed by atoms with E-state index < -0.39 is 16.0 Å². The lowest BCUT2D eigenvalue weighted by Crippen LogP contribution is -2.47. The fourth-order valence-corrected chi connectivity index (χ4v) is 4.34. The van der Waals surface area contributed by atoms with Gasteiger partial charge in [0.25, 0.3) is 0 Å². The molecule has 1 aliphatic heterocycles. The maximum atomic E-state index is 12.8. The Balaban J connectivity index is 2.52. The van der Waals surface area contributed by atoms with Crippen LogP contribution in [-0.4, -0.2) is 49.6 Å². The van der Waals surface area contributed by atoms with E-state index in [1.54, 1.807) is 13.0 Å². The number of morpholine rings is 1. The normalized spacial score (nSPS) is 20.4. The highest BCUT2D eigenvalue weighted by atomic mass is 32.2. The second kappa shape index (κ2) is 6.13. The van der Waals surface area contributed by atoms with Crippen LogP contribution in [0.25, 0.3) is 0 Å². The first-order valence-corrected chi connectivity index (χ1v) is 8.27. The van der Waals surface area contributed by atoms with E-state index in [-0.39, 0.29) is 23.0 Å². The summed E-state index contributed by atoms with van der Waals surface area (Å²) in [6, 6.07) is 3.99. The Labute approximate surface area is 124 Å². The Morgan fingerprint density at radius 2 is 2.19 bits per heavy atom. The molecule has 1 N–H and O–H groups in total. The molecule has 1 atom stereocenters. The van der Waals surface area contributed by atoms with Gasteiger partial charge >= 0.3 is 5.97 Å². The van der Waals surface area contributed by atoms with Gasteiger partial charge in [-0.1, -0.05) is 13.0 Å². The molecular formula is C14H19NO5S. The number of hydrogen-bond donors (Lipinski definition) is 1. The summed E-state index contributed by atoms with van der Waals surface area (Å²) >= 11 is 0. The minimum atomic E-state index is -3.72. The van der Waals surface area contributed by atoms with Crippen molar-refractivity contribution in [1.82, 2.24) is 4.31 Å². The summed E-state index contributed by atoms with van der Waals surface area (Å²) in [5.74, 6) is -1.14. The molecule has 0 amide bonds. The molecule has 1 aromatic carbocycles. The van der Waals surface area contributed by atoms with Crippen molar-refractivity contribution in [2.45, 2.75) is 31.2 Å². The maximum Gasteiger partial charge on any atom is 0.335 e. The van der Waals surface area contributed by atoms with E-state index in [9.17, 15) is 13.2 Å². The molecule has 0 aromatic heterocycles. The van der Waals surface area contributed by atoms with E-state index in [1.165, 1.54) is 16.4 Å². The molecule has 7 heteroatoms. The standard InChI is InChI=1S/C14H19NO5S/c1-3-11-4-5-12(14(16)17)8-13(11)21(18,19)15-6-7-20-9-10(15)2/h4-5,8,10H,3,6-7,9H2,1-2H3,(H,16,17)/t10-/m1/s1. The predicted molar refractivity (Wildman–Crippen MR) is 77.0 cm³/mol. The summed E-state index contributed by atoms with van der Waals surface area (Å²) < 4.78 is 32.3. The van der Waals surface area contributed by atoms with Crippen LogP contribution in [0.15, 0.2) is 23.1 Å². The number of sulfonamides is 1. The number of carboxylic acid groups (broad SMARTS) is 1. The Bertz CT molecular complexity index is 641. The van der Waals surface area contributed by atoms with Crippen LogP contribution in [0.1, 0.15) is 29.8 Å². The number of benzene rings is 1. The van der Waals surface area contributed by atoms with Crippen LogP contribution in [0.2, 0.25) is 0 Å². The van der Waals surface area contributed by atoms with Crippen molar-refractivity contribution in [2.75, 3.05) is 19.8 Å². The molecule has 1 aromatic rings. The fourth-order valence-electron chi connectivity index (χ4n) is 2.42. The van der Waals surface area contributed by atoms with Gasteiger partial charge in [0, 0.05) is 12.6 Å². The van der Waals surface area contributed by atoms with Gasteiger partial charge in [-0.25, -0.2) is 13.2 Å². The Kier molecular flexibility index (Phi) is 4.65. The van der Waals surface area contributed by atoms with Crippen molar-refractivity contribution in [2.24, 2.45) is 0 Å². The van der Waals surface area contributed by atoms with Gasteiger partial charge in [-0.2, -0.15) is 4.31 Å². The van der Waals surface area contributed by atoms with Gasteiger partial charge in [-0.05, 0) is 31.0 Å². The second-order valence-electron chi connectivity index (χ2n) is 5.02. The zero-order valence-electron chi connectivity index (χ0n) is 12.1. The smallest absolute Gasteiger partial charge is 0.335 e. The number of rotatable bonds is 4. The molecule has 6 nitrogen and oxygen atoms in total. The van der Waals surface area contributed by atoms with Gasteiger partial charge in [0.05, 0.1) is 23.7 Å². The average Bonchev–Trinajstić information content (AvgIpc) is 2.46. The minimum Gasteiger partial charge on any atom is -0.478 e. The monoisotopic (exact) mass is 313 g/mol. The van der Waals surface area contributed by atoms with Crippen molar-refractivity contribution in [3.05, 3.63) is 29.3 Å². The molecule has 0 unspecified atom stereocenters. The van der Waals surface area contributed by atoms with E-state index in [0.29, 0.717) is 25.2 Å². The number of ether oxygens (including phenoxy) is 1. The topological polar surface area (TPSA) is 83.9 Å². The van der Waals surface area contributed by atoms with Gasteiger partial charge in [0.2, 0.25) is 10.0 Å². The molecule has 1 aliphatic rings. The summed E-state index contributed by atoms with van der Waals surface area (Å²) in [5.41, 5.74) is 0.602. The lowest BCUT2D eigenvalue weighted by atomic mass is 10.1. The first-order chi connectivity index (χ1) is 9.87. The van der Waals surface area contributed by atoms with Crippen LogP contribution < -0.4 is 0 Å². The Morgan fingerprint density at radius 3 is 2.76 bits per heavy atom. The maximum absolute atomic E-state index is 12.8. The summed E-state index contributed by atoms with van der Waals surface area (Å²) in [5, 5.41) is 9.07. The number of carboxylic acids is 1. The lowest BCUT2D eigenvalue weighted by molar-refractivity contribution is 0.0392. The van der Waals surface area contributed by atoms with Crippen molar-refractivity contribution in [1.29, 1.82) is 0 Å². The van der Waals surface area contributed by atoms with Crippen LogP contribution in [0, 0.1) is 0 Å². The zero-order chi connectivity index (χ0) is 15.6. The highest BCUT2D eigenvalue weighted by molar-refractivity contribution is 7.89. The summed E-state index contributed by atoms with van der Waals surface area (Å²) in [6.45, 7) is 4.60. The third kappa shape index (κ3) is 3.09. The van der Waals surface area contributed by atoms with Crippen LogP contribution in [0.3, 0.4) is 0 Å². The van der Waals surface area contributed by atoms with Crippen LogP contribution >= 0.6 is 0 Å². The number of nitrogens with zero attached hydrogens (tertiary/aromatic N) is 1. The van der Waals surface area contributed by atoms with E-state index >= 15 is 0 Å². The van der Waals surface area contributed by atoms with Gasteiger partial charge in [-0.3, -0.25) is 0 Å². The highest BCUT2D eigenvalue weighted by Gasteiger charge is 2.33.